The molecule has 7 nitrogen and oxygen atoms in total. The maximum absolute atomic E-state index is 5.53. The van der Waals surface area contributed by atoms with E-state index in [1.54, 1.807) is 21.3 Å². The molecule has 0 unspecified atom stereocenters. The summed E-state index contributed by atoms with van der Waals surface area (Å²) in [5.74, 6) is 2.16. The summed E-state index contributed by atoms with van der Waals surface area (Å²) >= 11 is 0. The van der Waals surface area contributed by atoms with Gasteiger partial charge >= 0.3 is 0 Å². The first-order valence-corrected chi connectivity index (χ1v) is 8.60. The summed E-state index contributed by atoms with van der Waals surface area (Å²) in [7, 11) is 7.21. The third-order valence-corrected chi connectivity index (χ3v) is 3.64. The number of rotatable bonds is 11. The lowest BCUT2D eigenvalue weighted by Crippen LogP contribution is -2.33. The molecule has 0 aliphatic heterocycles. The number of likely N-dealkylation sites (N-methyl/N-ethyl adjacent to an activating group) is 1. The van der Waals surface area contributed by atoms with E-state index >= 15 is 0 Å². The lowest BCUT2D eigenvalue weighted by Gasteiger charge is -2.17. The van der Waals surface area contributed by atoms with Gasteiger partial charge < -0.3 is 29.7 Å². The van der Waals surface area contributed by atoms with E-state index in [0.29, 0.717) is 12.4 Å². The van der Waals surface area contributed by atoms with Gasteiger partial charge in [-0.3, -0.25) is 4.99 Å². The third-order valence-electron chi connectivity index (χ3n) is 3.64. The van der Waals surface area contributed by atoms with Crippen LogP contribution in [0.2, 0.25) is 0 Å². The lowest BCUT2D eigenvalue weighted by molar-refractivity contribution is 0.161. The van der Waals surface area contributed by atoms with Crippen LogP contribution in [0.3, 0.4) is 0 Å². The molecule has 0 heterocycles. The molecular formula is C18H33IN4O3. The molecular weight excluding hydrogens is 447 g/mol. The molecule has 0 bridgehead atoms. The highest BCUT2D eigenvalue weighted by Gasteiger charge is 2.07. The van der Waals surface area contributed by atoms with Crippen LogP contribution in [-0.4, -0.2) is 72.0 Å². The van der Waals surface area contributed by atoms with Crippen LogP contribution < -0.4 is 20.1 Å². The van der Waals surface area contributed by atoms with Gasteiger partial charge in [0.05, 0.1) is 20.3 Å². The first kappa shape index (κ1) is 24.7. The Kier molecular flexibility index (Phi) is 14.1. The quantitative estimate of drug-likeness (QED) is 0.220. The number of benzene rings is 1. The fourth-order valence-electron chi connectivity index (χ4n) is 2.25. The van der Waals surface area contributed by atoms with Crippen LogP contribution in [0.1, 0.15) is 13.3 Å². The molecule has 0 aliphatic rings. The van der Waals surface area contributed by atoms with Crippen molar-refractivity contribution in [1.29, 1.82) is 0 Å². The Labute approximate surface area is 174 Å². The van der Waals surface area contributed by atoms with Crippen LogP contribution in [0.25, 0.3) is 0 Å². The molecule has 1 rings (SSSR count). The van der Waals surface area contributed by atoms with Crippen molar-refractivity contribution in [3.63, 3.8) is 0 Å². The molecule has 0 atom stereocenters. The number of guanidine groups is 1. The third kappa shape index (κ3) is 9.44. The molecule has 0 saturated heterocycles. The molecule has 0 aromatic heterocycles. The van der Waals surface area contributed by atoms with E-state index in [4.69, 9.17) is 14.2 Å². The Morgan fingerprint density at radius 1 is 1.19 bits per heavy atom. The van der Waals surface area contributed by atoms with Crippen molar-refractivity contribution in [3.05, 3.63) is 18.2 Å². The fraction of sp³-hybridized carbons (Fsp3) is 0.611. The Bertz CT molecular complexity index is 529. The molecule has 26 heavy (non-hydrogen) atoms. The highest BCUT2D eigenvalue weighted by atomic mass is 127. The van der Waals surface area contributed by atoms with Gasteiger partial charge in [0.2, 0.25) is 0 Å². The topological polar surface area (TPSA) is 67.4 Å². The monoisotopic (exact) mass is 480 g/mol. The number of anilines is 1. The van der Waals surface area contributed by atoms with E-state index in [2.05, 4.69) is 27.6 Å². The molecule has 150 valence electrons. The molecule has 1 aromatic rings. The number of aliphatic imine (C=N–C) groups is 1. The lowest BCUT2D eigenvalue weighted by atomic mass is 10.2. The second-order valence-electron chi connectivity index (χ2n) is 5.57. The number of ether oxygens (including phenoxy) is 3. The zero-order valence-corrected chi connectivity index (χ0v) is 18.8. The molecule has 2 N–H and O–H groups in total. The smallest absolute Gasteiger partial charge is 0.195 e. The second-order valence-corrected chi connectivity index (χ2v) is 5.57. The van der Waals surface area contributed by atoms with E-state index in [0.717, 1.165) is 50.1 Å². The minimum Gasteiger partial charge on any atom is -0.493 e. The molecule has 0 radical (unpaired) electrons. The average Bonchev–Trinajstić information content (AvgIpc) is 2.63. The SMILES string of the molecule is CCOc1ccc(NC(=NC)NCCCN(C)CCOC)cc1OC.I. The summed E-state index contributed by atoms with van der Waals surface area (Å²) in [5, 5.41) is 6.58. The van der Waals surface area contributed by atoms with Crippen molar-refractivity contribution in [2.45, 2.75) is 13.3 Å². The van der Waals surface area contributed by atoms with Crippen LogP contribution >= 0.6 is 24.0 Å². The van der Waals surface area contributed by atoms with Crippen molar-refractivity contribution < 1.29 is 14.2 Å². The summed E-state index contributed by atoms with van der Waals surface area (Å²) in [5.41, 5.74) is 0.894. The van der Waals surface area contributed by atoms with Crippen LogP contribution in [0.15, 0.2) is 23.2 Å². The zero-order chi connectivity index (χ0) is 18.5. The van der Waals surface area contributed by atoms with Crippen molar-refractivity contribution >= 4 is 35.6 Å². The van der Waals surface area contributed by atoms with Crippen molar-refractivity contribution in [2.75, 3.05) is 66.5 Å². The summed E-state index contributed by atoms with van der Waals surface area (Å²) in [4.78, 5) is 6.50. The second kappa shape index (κ2) is 14.9. The normalized spacial score (nSPS) is 11.1. The van der Waals surface area contributed by atoms with Gasteiger partial charge in [0.25, 0.3) is 0 Å². The number of methoxy groups -OCH3 is 2. The number of nitrogens with one attached hydrogen (secondary N) is 2. The van der Waals surface area contributed by atoms with Crippen LogP contribution in [0, 0.1) is 0 Å². The number of nitrogens with zero attached hydrogens (tertiary/aromatic N) is 2. The molecule has 0 amide bonds. The zero-order valence-electron chi connectivity index (χ0n) is 16.5. The maximum atomic E-state index is 5.53. The summed E-state index contributed by atoms with van der Waals surface area (Å²) in [6.45, 7) is 6.09. The van der Waals surface area contributed by atoms with Gasteiger partial charge in [-0.1, -0.05) is 0 Å². The number of hydrogen-bond donors (Lipinski definition) is 2. The van der Waals surface area contributed by atoms with E-state index in [1.807, 2.05) is 25.1 Å². The van der Waals surface area contributed by atoms with E-state index < -0.39 is 0 Å². The minimum absolute atomic E-state index is 0. The van der Waals surface area contributed by atoms with Gasteiger partial charge in [-0.15, -0.1) is 24.0 Å². The largest absolute Gasteiger partial charge is 0.493 e. The van der Waals surface area contributed by atoms with E-state index in [1.165, 1.54) is 0 Å². The van der Waals surface area contributed by atoms with Gasteiger partial charge in [-0.25, -0.2) is 0 Å². The molecule has 0 saturated carbocycles. The van der Waals surface area contributed by atoms with Gasteiger partial charge in [0.15, 0.2) is 17.5 Å². The average molecular weight is 480 g/mol. The van der Waals surface area contributed by atoms with E-state index in [-0.39, 0.29) is 24.0 Å². The molecule has 0 fully saturated rings. The molecule has 0 aliphatic carbocycles. The molecule has 8 heteroatoms. The molecule has 0 spiro atoms. The van der Waals surface area contributed by atoms with Crippen molar-refractivity contribution in [2.24, 2.45) is 4.99 Å². The van der Waals surface area contributed by atoms with Gasteiger partial charge in [-0.05, 0) is 39.1 Å². The maximum Gasteiger partial charge on any atom is 0.195 e. The van der Waals surface area contributed by atoms with Gasteiger partial charge in [-0.2, -0.15) is 0 Å². The van der Waals surface area contributed by atoms with Crippen LogP contribution in [0.5, 0.6) is 11.5 Å². The summed E-state index contributed by atoms with van der Waals surface area (Å²) in [6, 6.07) is 5.73. The standard InChI is InChI=1S/C18H32N4O3.HI/c1-6-25-16-9-8-15(14-17(16)24-5)21-18(19-2)20-10-7-11-22(3)12-13-23-4;/h8-9,14H,6-7,10-13H2,1-5H3,(H2,19,20,21);1H. The first-order valence-electron chi connectivity index (χ1n) is 8.60. The Morgan fingerprint density at radius 2 is 1.96 bits per heavy atom. The predicted molar refractivity (Wildman–Crippen MR) is 119 cm³/mol. The highest BCUT2D eigenvalue weighted by molar-refractivity contribution is 14.0. The molecule has 1 aromatic carbocycles. The number of hydrogen-bond acceptors (Lipinski definition) is 5. The predicted octanol–water partition coefficient (Wildman–Crippen LogP) is 2.67. The fourth-order valence-corrected chi connectivity index (χ4v) is 2.25. The Balaban J connectivity index is 0.00000625. The summed E-state index contributed by atoms with van der Waals surface area (Å²) in [6.07, 6.45) is 1.02. The minimum atomic E-state index is 0. The van der Waals surface area contributed by atoms with Gasteiger partial charge in [0.1, 0.15) is 0 Å². The first-order chi connectivity index (χ1) is 12.1. The Morgan fingerprint density at radius 3 is 2.58 bits per heavy atom. The highest BCUT2D eigenvalue weighted by Crippen LogP contribution is 2.30. The van der Waals surface area contributed by atoms with E-state index in [9.17, 15) is 0 Å². The van der Waals surface area contributed by atoms with Crippen LogP contribution in [-0.2, 0) is 4.74 Å². The van der Waals surface area contributed by atoms with Crippen molar-refractivity contribution in [3.8, 4) is 11.5 Å². The van der Waals surface area contributed by atoms with Crippen LogP contribution in [0.4, 0.5) is 5.69 Å². The van der Waals surface area contributed by atoms with Crippen molar-refractivity contribution in [1.82, 2.24) is 10.2 Å². The summed E-state index contributed by atoms with van der Waals surface area (Å²) < 4.78 is 16.0. The Hall–Kier alpha value is -1.26. The van der Waals surface area contributed by atoms with Gasteiger partial charge in [0, 0.05) is 39.0 Å². The number of halogens is 1.